The van der Waals surface area contributed by atoms with Crippen LogP contribution >= 0.6 is 0 Å². The van der Waals surface area contributed by atoms with Gasteiger partial charge in [0.15, 0.2) is 0 Å². The lowest BCUT2D eigenvalue weighted by Gasteiger charge is -2.39. The highest BCUT2D eigenvalue weighted by atomic mass is 16.5. The molecule has 2 unspecified atom stereocenters. The Kier molecular flexibility index (Phi) is 4.22. The SMILES string of the molecule is COc1c(C2C(CNC3CC3)CCCN2C)c(C)nn1C. The lowest BCUT2D eigenvalue weighted by molar-refractivity contribution is 0.116. The number of hydrogen-bond donors (Lipinski definition) is 1. The fraction of sp³-hybridized carbons (Fsp3) is 0.812. The molecule has 2 aliphatic rings. The van der Waals surface area contributed by atoms with E-state index in [1.54, 1.807) is 7.11 Å². The summed E-state index contributed by atoms with van der Waals surface area (Å²) in [5.74, 6) is 1.56. The molecule has 1 saturated heterocycles. The molecule has 0 radical (unpaired) electrons. The van der Waals surface area contributed by atoms with Gasteiger partial charge in [0.2, 0.25) is 5.88 Å². The molecule has 1 N–H and O–H groups in total. The minimum Gasteiger partial charge on any atom is -0.481 e. The van der Waals surface area contributed by atoms with Crippen LogP contribution in [0.2, 0.25) is 0 Å². The van der Waals surface area contributed by atoms with Gasteiger partial charge in [0.1, 0.15) is 0 Å². The summed E-state index contributed by atoms with van der Waals surface area (Å²) in [7, 11) is 5.95. The van der Waals surface area contributed by atoms with E-state index >= 15 is 0 Å². The minimum absolute atomic E-state index is 0.411. The molecule has 1 aliphatic heterocycles. The largest absolute Gasteiger partial charge is 0.481 e. The second kappa shape index (κ2) is 5.97. The number of piperidine rings is 1. The van der Waals surface area contributed by atoms with Gasteiger partial charge < -0.3 is 10.1 Å². The minimum atomic E-state index is 0.411. The van der Waals surface area contributed by atoms with E-state index in [0.717, 1.165) is 30.7 Å². The van der Waals surface area contributed by atoms with E-state index in [9.17, 15) is 0 Å². The van der Waals surface area contributed by atoms with E-state index in [1.807, 2.05) is 11.7 Å². The average Bonchev–Trinajstić information content (AvgIpc) is 3.22. The van der Waals surface area contributed by atoms with E-state index < -0.39 is 0 Å². The first-order chi connectivity index (χ1) is 10.1. The number of rotatable bonds is 5. The van der Waals surface area contributed by atoms with Gasteiger partial charge in [0, 0.05) is 25.7 Å². The van der Waals surface area contributed by atoms with Crippen molar-refractivity contribution in [2.24, 2.45) is 13.0 Å². The van der Waals surface area contributed by atoms with Crippen LogP contribution in [-0.2, 0) is 7.05 Å². The third-order valence-corrected chi connectivity index (χ3v) is 4.96. The van der Waals surface area contributed by atoms with Gasteiger partial charge in [-0.3, -0.25) is 4.90 Å². The molecular formula is C16H28N4O. The Labute approximate surface area is 127 Å². The molecule has 2 atom stereocenters. The van der Waals surface area contributed by atoms with Crippen molar-refractivity contribution in [3.05, 3.63) is 11.3 Å². The van der Waals surface area contributed by atoms with Crippen molar-refractivity contribution in [1.82, 2.24) is 20.0 Å². The van der Waals surface area contributed by atoms with Gasteiger partial charge in [0.05, 0.1) is 18.4 Å². The smallest absolute Gasteiger partial charge is 0.216 e. The highest BCUT2D eigenvalue weighted by molar-refractivity contribution is 5.35. The average molecular weight is 292 g/mol. The van der Waals surface area contributed by atoms with Gasteiger partial charge >= 0.3 is 0 Å². The molecule has 118 valence electrons. The van der Waals surface area contributed by atoms with Crippen molar-refractivity contribution in [1.29, 1.82) is 0 Å². The fourth-order valence-corrected chi connectivity index (χ4v) is 3.77. The Hall–Kier alpha value is -1.07. The monoisotopic (exact) mass is 292 g/mol. The van der Waals surface area contributed by atoms with Crippen LogP contribution in [0, 0.1) is 12.8 Å². The number of ether oxygens (including phenoxy) is 1. The van der Waals surface area contributed by atoms with Crippen molar-refractivity contribution in [2.75, 3.05) is 27.2 Å². The first-order valence-electron chi connectivity index (χ1n) is 8.13. The van der Waals surface area contributed by atoms with E-state index in [4.69, 9.17) is 4.74 Å². The Balaban J connectivity index is 1.87. The number of aryl methyl sites for hydroxylation is 2. The summed E-state index contributed by atoms with van der Waals surface area (Å²) in [4.78, 5) is 2.48. The molecule has 0 aromatic carbocycles. The van der Waals surface area contributed by atoms with Crippen LogP contribution in [0.4, 0.5) is 0 Å². The Bertz CT molecular complexity index is 495. The number of methoxy groups -OCH3 is 1. The van der Waals surface area contributed by atoms with Crippen molar-refractivity contribution < 1.29 is 4.74 Å². The zero-order chi connectivity index (χ0) is 15.0. The van der Waals surface area contributed by atoms with Crippen LogP contribution in [0.5, 0.6) is 5.88 Å². The van der Waals surface area contributed by atoms with Crippen LogP contribution in [-0.4, -0.2) is 48.0 Å². The Morgan fingerprint density at radius 2 is 2.05 bits per heavy atom. The van der Waals surface area contributed by atoms with Crippen LogP contribution in [0.3, 0.4) is 0 Å². The summed E-state index contributed by atoms with van der Waals surface area (Å²) in [5.41, 5.74) is 2.38. The maximum atomic E-state index is 5.64. The molecule has 0 bridgehead atoms. The fourth-order valence-electron chi connectivity index (χ4n) is 3.77. The predicted octanol–water partition coefficient (Wildman–Crippen LogP) is 1.87. The van der Waals surface area contributed by atoms with Crippen LogP contribution < -0.4 is 10.1 Å². The summed E-state index contributed by atoms with van der Waals surface area (Å²) in [6, 6.07) is 1.18. The van der Waals surface area contributed by atoms with Gasteiger partial charge in [-0.05, 0) is 52.1 Å². The zero-order valence-corrected chi connectivity index (χ0v) is 13.7. The molecule has 0 spiro atoms. The standard InChI is InChI=1S/C16H28N4O/c1-11-14(16(21-4)20(3)18-11)15-12(6-5-9-19(15)2)10-17-13-7-8-13/h12-13,15,17H,5-10H2,1-4H3. The van der Waals surface area contributed by atoms with E-state index in [0.29, 0.717) is 12.0 Å². The second-order valence-electron chi connectivity index (χ2n) is 6.64. The summed E-state index contributed by atoms with van der Waals surface area (Å²) in [6.07, 6.45) is 5.27. The van der Waals surface area contributed by atoms with Gasteiger partial charge in [-0.2, -0.15) is 5.10 Å². The quantitative estimate of drug-likeness (QED) is 0.900. The van der Waals surface area contributed by atoms with Crippen molar-refractivity contribution in [3.8, 4) is 5.88 Å². The summed E-state index contributed by atoms with van der Waals surface area (Å²) >= 11 is 0. The molecule has 1 aromatic heterocycles. The molecule has 5 heteroatoms. The second-order valence-corrected chi connectivity index (χ2v) is 6.64. The van der Waals surface area contributed by atoms with Gasteiger partial charge in [-0.25, -0.2) is 4.68 Å². The lowest BCUT2D eigenvalue weighted by Crippen LogP contribution is -2.41. The van der Waals surface area contributed by atoms with Gasteiger partial charge in [-0.1, -0.05) is 0 Å². The first-order valence-corrected chi connectivity index (χ1v) is 8.13. The highest BCUT2D eigenvalue weighted by Gasteiger charge is 2.36. The third-order valence-electron chi connectivity index (χ3n) is 4.96. The third kappa shape index (κ3) is 2.94. The number of nitrogens with one attached hydrogen (secondary N) is 1. The Morgan fingerprint density at radius 1 is 1.29 bits per heavy atom. The molecule has 5 nitrogen and oxygen atoms in total. The van der Waals surface area contributed by atoms with E-state index in [1.165, 1.54) is 31.2 Å². The van der Waals surface area contributed by atoms with Gasteiger partial charge in [-0.15, -0.1) is 0 Å². The van der Waals surface area contributed by atoms with Crippen molar-refractivity contribution in [3.63, 3.8) is 0 Å². The molecule has 21 heavy (non-hydrogen) atoms. The molecule has 0 amide bonds. The Morgan fingerprint density at radius 3 is 2.71 bits per heavy atom. The predicted molar refractivity (Wildman–Crippen MR) is 83.6 cm³/mol. The van der Waals surface area contributed by atoms with Crippen molar-refractivity contribution in [2.45, 2.75) is 44.7 Å². The van der Waals surface area contributed by atoms with Crippen LogP contribution in [0.25, 0.3) is 0 Å². The van der Waals surface area contributed by atoms with Crippen LogP contribution in [0.15, 0.2) is 0 Å². The lowest BCUT2D eigenvalue weighted by atomic mass is 9.84. The molecule has 1 aromatic rings. The molecule has 1 saturated carbocycles. The van der Waals surface area contributed by atoms with Crippen LogP contribution in [0.1, 0.15) is 43.0 Å². The normalized spacial score (nSPS) is 27.0. The summed E-state index contributed by atoms with van der Waals surface area (Å²) in [6.45, 7) is 4.37. The van der Waals surface area contributed by atoms with E-state index in [2.05, 4.69) is 29.3 Å². The summed E-state index contributed by atoms with van der Waals surface area (Å²) < 4.78 is 7.51. The molecule has 2 fully saturated rings. The zero-order valence-electron chi connectivity index (χ0n) is 13.7. The maximum Gasteiger partial charge on any atom is 0.216 e. The number of likely N-dealkylation sites (tertiary alicyclic amines) is 1. The van der Waals surface area contributed by atoms with Crippen molar-refractivity contribution >= 4 is 0 Å². The number of aromatic nitrogens is 2. The molecular weight excluding hydrogens is 264 g/mol. The molecule has 1 aliphatic carbocycles. The molecule has 3 rings (SSSR count). The van der Waals surface area contributed by atoms with E-state index in [-0.39, 0.29) is 0 Å². The molecule has 2 heterocycles. The van der Waals surface area contributed by atoms with Gasteiger partial charge in [0.25, 0.3) is 0 Å². The number of hydrogen-bond acceptors (Lipinski definition) is 4. The topological polar surface area (TPSA) is 42.3 Å². The highest BCUT2D eigenvalue weighted by Crippen LogP contribution is 2.40. The number of nitrogens with zero attached hydrogens (tertiary/aromatic N) is 3. The first kappa shape index (κ1) is 14.9. The maximum absolute atomic E-state index is 5.64. The summed E-state index contributed by atoms with van der Waals surface area (Å²) in [5, 5.41) is 8.29.